The minimum atomic E-state index is 0. The zero-order valence-electron chi connectivity index (χ0n) is 12.0. The standard InChI is InChI=1S/C14H22N4O.ClH/c1-2-3-4-6-13(19)17-9-11-18(12-10-17)14-15-7-5-8-16-14;/h5,7-8H,2-4,6,9-12H2,1H3;1H. The lowest BCUT2D eigenvalue weighted by molar-refractivity contribution is -0.131. The van der Waals surface area contributed by atoms with Crippen LogP contribution in [0.2, 0.25) is 0 Å². The summed E-state index contributed by atoms with van der Waals surface area (Å²) in [6, 6.07) is 1.82. The first-order valence-corrected chi connectivity index (χ1v) is 7.11. The summed E-state index contributed by atoms with van der Waals surface area (Å²) in [7, 11) is 0. The van der Waals surface area contributed by atoms with E-state index in [4.69, 9.17) is 0 Å². The van der Waals surface area contributed by atoms with E-state index in [1.54, 1.807) is 12.4 Å². The van der Waals surface area contributed by atoms with Gasteiger partial charge >= 0.3 is 0 Å². The van der Waals surface area contributed by atoms with E-state index in [2.05, 4.69) is 21.8 Å². The topological polar surface area (TPSA) is 49.3 Å². The number of piperazine rings is 1. The summed E-state index contributed by atoms with van der Waals surface area (Å²) in [6.07, 6.45) is 7.51. The lowest BCUT2D eigenvalue weighted by atomic mass is 10.2. The summed E-state index contributed by atoms with van der Waals surface area (Å²) < 4.78 is 0. The molecule has 0 N–H and O–H groups in total. The number of rotatable bonds is 5. The lowest BCUT2D eigenvalue weighted by Crippen LogP contribution is -2.49. The summed E-state index contributed by atoms with van der Waals surface area (Å²) >= 11 is 0. The molecule has 1 aromatic heterocycles. The largest absolute Gasteiger partial charge is 0.339 e. The Morgan fingerprint density at radius 2 is 1.80 bits per heavy atom. The molecule has 1 saturated heterocycles. The molecule has 1 aromatic rings. The Kier molecular flexibility index (Phi) is 7.30. The molecule has 6 heteroatoms. The van der Waals surface area contributed by atoms with Crippen molar-refractivity contribution < 1.29 is 4.79 Å². The van der Waals surface area contributed by atoms with Gasteiger partial charge in [-0.1, -0.05) is 19.8 Å². The second-order valence-electron chi connectivity index (χ2n) is 4.87. The summed E-state index contributed by atoms with van der Waals surface area (Å²) in [6.45, 7) is 5.36. The van der Waals surface area contributed by atoms with E-state index in [1.807, 2.05) is 11.0 Å². The third-order valence-electron chi connectivity index (χ3n) is 3.46. The number of amides is 1. The number of hydrogen-bond acceptors (Lipinski definition) is 4. The fourth-order valence-corrected chi connectivity index (χ4v) is 2.29. The van der Waals surface area contributed by atoms with Crippen LogP contribution in [0.4, 0.5) is 5.95 Å². The average molecular weight is 299 g/mol. The molecule has 1 amide bonds. The molecule has 2 rings (SSSR count). The smallest absolute Gasteiger partial charge is 0.225 e. The van der Waals surface area contributed by atoms with Crippen LogP contribution in [0.3, 0.4) is 0 Å². The molecule has 1 aliphatic heterocycles. The highest BCUT2D eigenvalue weighted by molar-refractivity contribution is 5.85. The van der Waals surface area contributed by atoms with Crippen LogP contribution in [0.15, 0.2) is 18.5 Å². The van der Waals surface area contributed by atoms with Gasteiger partial charge in [0.15, 0.2) is 0 Å². The Labute approximate surface area is 126 Å². The molecule has 0 aliphatic carbocycles. The van der Waals surface area contributed by atoms with Crippen molar-refractivity contribution in [1.29, 1.82) is 0 Å². The van der Waals surface area contributed by atoms with E-state index in [-0.39, 0.29) is 12.4 Å². The molecule has 0 aromatic carbocycles. The van der Waals surface area contributed by atoms with Gasteiger partial charge in [0.1, 0.15) is 0 Å². The van der Waals surface area contributed by atoms with Gasteiger partial charge in [0.2, 0.25) is 11.9 Å². The molecule has 20 heavy (non-hydrogen) atoms. The molecule has 2 heterocycles. The third-order valence-corrected chi connectivity index (χ3v) is 3.46. The average Bonchev–Trinajstić information content (AvgIpc) is 2.48. The van der Waals surface area contributed by atoms with E-state index in [0.29, 0.717) is 12.3 Å². The zero-order valence-corrected chi connectivity index (χ0v) is 12.8. The predicted molar refractivity (Wildman–Crippen MR) is 82.2 cm³/mol. The van der Waals surface area contributed by atoms with Gasteiger partial charge in [-0.2, -0.15) is 0 Å². The SMILES string of the molecule is CCCCCC(=O)N1CCN(c2ncccn2)CC1.Cl. The van der Waals surface area contributed by atoms with Gasteiger partial charge < -0.3 is 9.80 Å². The molecule has 0 radical (unpaired) electrons. The zero-order chi connectivity index (χ0) is 13.5. The van der Waals surface area contributed by atoms with Crippen molar-refractivity contribution in [2.45, 2.75) is 32.6 Å². The van der Waals surface area contributed by atoms with Gasteiger partial charge in [0.05, 0.1) is 0 Å². The molecule has 0 unspecified atom stereocenters. The maximum atomic E-state index is 12.0. The maximum Gasteiger partial charge on any atom is 0.225 e. The molecule has 112 valence electrons. The van der Waals surface area contributed by atoms with Crippen molar-refractivity contribution >= 4 is 24.3 Å². The number of hydrogen-bond donors (Lipinski definition) is 0. The normalized spacial score (nSPS) is 14.8. The van der Waals surface area contributed by atoms with E-state index in [0.717, 1.165) is 51.4 Å². The number of aromatic nitrogens is 2. The van der Waals surface area contributed by atoms with Gasteiger partial charge in [-0.25, -0.2) is 9.97 Å². The van der Waals surface area contributed by atoms with Crippen LogP contribution < -0.4 is 4.90 Å². The predicted octanol–water partition coefficient (Wildman–Crippen LogP) is 2.13. The Morgan fingerprint density at radius 1 is 1.15 bits per heavy atom. The van der Waals surface area contributed by atoms with E-state index >= 15 is 0 Å². The van der Waals surface area contributed by atoms with Crippen molar-refractivity contribution in [1.82, 2.24) is 14.9 Å². The fraction of sp³-hybridized carbons (Fsp3) is 0.643. The lowest BCUT2D eigenvalue weighted by Gasteiger charge is -2.34. The Hall–Kier alpha value is -1.36. The highest BCUT2D eigenvalue weighted by Gasteiger charge is 2.21. The number of carbonyl (C=O) groups is 1. The fourth-order valence-electron chi connectivity index (χ4n) is 2.29. The van der Waals surface area contributed by atoms with Crippen LogP contribution >= 0.6 is 12.4 Å². The first-order chi connectivity index (χ1) is 9.31. The quantitative estimate of drug-likeness (QED) is 0.781. The molecule has 0 atom stereocenters. The van der Waals surface area contributed by atoms with Crippen molar-refractivity contribution in [3.63, 3.8) is 0 Å². The molecular formula is C14H23ClN4O. The molecule has 0 spiro atoms. The second-order valence-corrected chi connectivity index (χ2v) is 4.87. The van der Waals surface area contributed by atoms with Crippen molar-refractivity contribution in [3.05, 3.63) is 18.5 Å². The van der Waals surface area contributed by atoms with Crippen LogP contribution in [0.1, 0.15) is 32.6 Å². The third kappa shape index (κ3) is 4.63. The minimum Gasteiger partial charge on any atom is -0.339 e. The Balaban J connectivity index is 0.00000200. The van der Waals surface area contributed by atoms with Crippen molar-refractivity contribution in [2.24, 2.45) is 0 Å². The van der Waals surface area contributed by atoms with Crippen LogP contribution in [-0.4, -0.2) is 47.0 Å². The van der Waals surface area contributed by atoms with Crippen molar-refractivity contribution in [3.8, 4) is 0 Å². The van der Waals surface area contributed by atoms with Gasteiger partial charge in [-0.05, 0) is 12.5 Å². The minimum absolute atomic E-state index is 0. The molecular weight excluding hydrogens is 276 g/mol. The highest BCUT2D eigenvalue weighted by atomic mass is 35.5. The number of nitrogens with zero attached hydrogens (tertiary/aromatic N) is 4. The summed E-state index contributed by atoms with van der Waals surface area (Å²) in [5.74, 6) is 1.06. The molecule has 1 fully saturated rings. The van der Waals surface area contributed by atoms with E-state index < -0.39 is 0 Å². The Bertz CT molecular complexity index is 393. The summed E-state index contributed by atoms with van der Waals surface area (Å²) in [4.78, 5) is 24.6. The monoisotopic (exact) mass is 298 g/mol. The highest BCUT2D eigenvalue weighted by Crippen LogP contribution is 2.11. The first kappa shape index (κ1) is 16.7. The van der Waals surface area contributed by atoms with Gasteiger partial charge in [-0.3, -0.25) is 4.79 Å². The number of halogens is 1. The molecule has 0 bridgehead atoms. The van der Waals surface area contributed by atoms with Gasteiger partial charge in [0.25, 0.3) is 0 Å². The number of anilines is 1. The number of unbranched alkanes of at least 4 members (excludes halogenated alkanes) is 2. The second kappa shape index (κ2) is 8.74. The van der Waals surface area contributed by atoms with Crippen LogP contribution in [0.5, 0.6) is 0 Å². The number of carbonyl (C=O) groups excluding carboxylic acids is 1. The van der Waals surface area contributed by atoms with Crippen LogP contribution in [0, 0.1) is 0 Å². The van der Waals surface area contributed by atoms with Gasteiger partial charge in [0, 0.05) is 45.0 Å². The van der Waals surface area contributed by atoms with Crippen LogP contribution in [-0.2, 0) is 4.79 Å². The van der Waals surface area contributed by atoms with E-state index in [9.17, 15) is 4.79 Å². The summed E-state index contributed by atoms with van der Waals surface area (Å²) in [5, 5.41) is 0. The van der Waals surface area contributed by atoms with Crippen LogP contribution in [0.25, 0.3) is 0 Å². The maximum absolute atomic E-state index is 12.0. The molecule has 0 saturated carbocycles. The van der Waals surface area contributed by atoms with Gasteiger partial charge in [-0.15, -0.1) is 12.4 Å². The van der Waals surface area contributed by atoms with E-state index in [1.165, 1.54) is 0 Å². The Morgan fingerprint density at radius 3 is 2.40 bits per heavy atom. The first-order valence-electron chi connectivity index (χ1n) is 7.11. The van der Waals surface area contributed by atoms with Crippen molar-refractivity contribution in [2.75, 3.05) is 31.1 Å². The molecule has 1 aliphatic rings. The summed E-state index contributed by atoms with van der Waals surface area (Å²) in [5.41, 5.74) is 0. The molecule has 5 nitrogen and oxygen atoms in total.